The van der Waals surface area contributed by atoms with E-state index in [0.717, 1.165) is 11.1 Å². The molecule has 4 nitrogen and oxygen atoms in total. The standard InChI is InChI=1S/C30H34F3NO3/c1-21(2)22-6-8-23(9-7-22)24-14-16-27(17-15-24)37-28(5-3-18-30(31,32)33)25-10-12-26(13-11-25)29(36)34-19-4-20-35/h6-17,21,28,35H,3-5,18-20H2,1-2H3,(H,34,36). The van der Waals surface area contributed by atoms with Crippen LogP contribution in [0.1, 0.15) is 73.0 Å². The maximum Gasteiger partial charge on any atom is 0.389 e. The van der Waals surface area contributed by atoms with Gasteiger partial charge in [-0.05, 0) is 71.7 Å². The number of nitrogens with one attached hydrogen (secondary N) is 1. The van der Waals surface area contributed by atoms with Crippen LogP contribution in [0.15, 0.2) is 72.8 Å². The van der Waals surface area contributed by atoms with Gasteiger partial charge in [0.25, 0.3) is 5.91 Å². The van der Waals surface area contributed by atoms with Crippen molar-refractivity contribution >= 4 is 5.91 Å². The third-order valence-electron chi connectivity index (χ3n) is 6.14. The van der Waals surface area contributed by atoms with E-state index in [4.69, 9.17) is 9.84 Å². The van der Waals surface area contributed by atoms with Gasteiger partial charge >= 0.3 is 6.18 Å². The summed E-state index contributed by atoms with van der Waals surface area (Å²) in [5.74, 6) is 0.741. The quantitative estimate of drug-likeness (QED) is 0.248. The van der Waals surface area contributed by atoms with Crippen molar-refractivity contribution in [3.05, 3.63) is 89.5 Å². The van der Waals surface area contributed by atoms with Crippen LogP contribution in [-0.2, 0) is 0 Å². The lowest BCUT2D eigenvalue weighted by Crippen LogP contribution is -2.25. The highest BCUT2D eigenvalue weighted by Crippen LogP contribution is 2.31. The molecule has 3 rings (SSSR count). The summed E-state index contributed by atoms with van der Waals surface area (Å²) in [4.78, 5) is 12.2. The molecule has 0 aliphatic rings. The smallest absolute Gasteiger partial charge is 0.389 e. The van der Waals surface area contributed by atoms with Crippen LogP contribution in [0.5, 0.6) is 5.75 Å². The molecule has 1 unspecified atom stereocenters. The van der Waals surface area contributed by atoms with E-state index in [1.54, 1.807) is 24.3 Å². The fraction of sp³-hybridized carbons (Fsp3) is 0.367. The Labute approximate surface area is 216 Å². The second-order valence-corrected chi connectivity index (χ2v) is 9.37. The Bertz CT molecular complexity index is 1110. The number of halogens is 3. The maximum absolute atomic E-state index is 12.8. The van der Waals surface area contributed by atoms with E-state index in [1.165, 1.54) is 5.56 Å². The van der Waals surface area contributed by atoms with E-state index >= 15 is 0 Å². The third kappa shape index (κ3) is 8.93. The fourth-order valence-electron chi connectivity index (χ4n) is 3.96. The molecule has 3 aromatic rings. The molecule has 37 heavy (non-hydrogen) atoms. The van der Waals surface area contributed by atoms with Gasteiger partial charge in [-0.3, -0.25) is 4.79 Å². The van der Waals surface area contributed by atoms with E-state index in [9.17, 15) is 18.0 Å². The lowest BCUT2D eigenvalue weighted by Gasteiger charge is -2.21. The Morgan fingerprint density at radius 2 is 1.43 bits per heavy atom. The first-order valence-electron chi connectivity index (χ1n) is 12.6. The average Bonchev–Trinajstić information content (AvgIpc) is 2.88. The molecule has 0 aromatic heterocycles. The lowest BCUT2D eigenvalue weighted by molar-refractivity contribution is -0.136. The first-order chi connectivity index (χ1) is 17.7. The number of carbonyl (C=O) groups excluding carboxylic acids is 1. The van der Waals surface area contributed by atoms with Crippen molar-refractivity contribution in [3.8, 4) is 16.9 Å². The van der Waals surface area contributed by atoms with Crippen molar-refractivity contribution in [2.75, 3.05) is 13.2 Å². The molecule has 0 bridgehead atoms. The van der Waals surface area contributed by atoms with Gasteiger partial charge in [-0.2, -0.15) is 13.2 Å². The number of aliphatic hydroxyl groups is 1. The van der Waals surface area contributed by atoms with Gasteiger partial charge in [0, 0.05) is 25.1 Å². The van der Waals surface area contributed by atoms with E-state index in [-0.39, 0.29) is 25.4 Å². The molecule has 2 N–H and O–H groups in total. The summed E-state index contributed by atoms with van der Waals surface area (Å²) in [6, 6.07) is 22.6. The highest BCUT2D eigenvalue weighted by Gasteiger charge is 2.27. The van der Waals surface area contributed by atoms with E-state index in [0.29, 0.717) is 35.8 Å². The van der Waals surface area contributed by atoms with Crippen LogP contribution in [0.2, 0.25) is 0 Å². The van der Waals surface area contributed by atoms with Crippen molar-refractivity contribution in [3.63, 3.8) is 0 Å². The molecule has 1 atom stereocenters. The summed E-state index contributed by atoms with van der Waals surface area (Å²) in [6.45, 7) is 4.64. The molecule has 0 saturated carbocycles. The van der Waals surface area contributed by atoms with Gasteiger partial charge < -0.3 is 15.2 Å². The van der Waals surface area contributed by atoms with Gasteiger partial charge in [-0.25, -0.2) is 0 Å². The van der Waals surface area contributed by atoms with Crippen LogP contribution in [0.25, 0.3) is 11.1 Å². The minimum Gasteiger partial charge on any atom is -0.486 e. The number of ether oxygens (including phenoxy) is 1. The Balaban J connectivity index is 1.73. The van der Waals surface area contributed by atoms with Crippen LogP contribution >= 0.6 is 0 Å². The number of rotatable bonds is 12. The Morgan fingerprint density at radius 3 is 1.97 bits per heavy atom. The molecule has 1 amide bonds. The Morgan fingerprint density at radius 1 is 0.865 bits per heavy atom. The van der Waals surface area contributed by atoms with Crippen molar-refractivity contribution < 1.29 is 27.8 Å². The van der Waals surface area contributed by atoms with Crippen molar-refractivity contribution in [2.24, 2.45) is 0 Å². The first kappa shape index (κ1) is 28.3. The average molecular weight is 514 g/mol. The summed E-state index contributed by atoms with van der Waals surface area (Å²) in [5.41, 5.74) is 4.49. The number of carbonyl (C=O) groups is 1. The molecular weight excluding hydrogens is 479 g/mol. The molecule has 198 valence electrons. The molecule has 0 spiro atoms. The number of hydrogen-bond donors (Lipinski definition) is 2. The fourth-order valence-corrected chi connectivity index (χ4v) is 3.96. The molecular formula is C30H34F3NO3. The van der Waals surface area contributed by atoms with Crippen LogP contribution in [0.4, 0.5) is 13.2 Å². The number of alkyl halides is 3. The molecule has 7 heteroatoms. The molecule has 0 radical (unpaired) electrons. The number of amides is 1. The van der Waals surface area contributed by atoms with E-state index in [1.807, 2.05) is 24.3 Å². The van der Waals surface area contributed by atoms with Gasteiger partial charge in [-0.1, -0.05) is 62.4 Å². The van der Waals surface area contributed by atoms with Crippen LogP contribution < -0.4 is 10.1 Å². The molecule has 0 heterocycles. The van der Waals surface area contributed by atoms with Gasteiger partial charge in [0.05, 0.1) is 0 Å². The predicted octanol–water partition coefficient (Wildman–Crippen LogP) is 7.44. The maximum atomic E-state index is 12.8. The van der Waals surface area contributed by atoms with Crippen molar-refractivity contribution in [1.29, 1.82) is 0 Å². The number of aliphatic hydroxyl groups excluding tert-OH is 1. The third-order valence-corrected chi connectivity index (χ3v) is 6.14. The topological polar surface area (TPSA) is 58.6 Å². The van der Waals surface area contributed by atoms with Gasteiger partial charge in [-0.15, -0.1) is 0 Å². The second kappa shape index (κ2) is 13.3. The Kier molecular flexibility index (Phi) is 10.1. The van der Waals surface area contributed by atoms with Gasteiger partial charge in [0.1, 0.15) is 11.9 Å². The first-order valence-corrected chi connectivity index (χ1v) is 12.6. The molecule has 0 aliphatic heterocycles. The lowest BCUT2D eigenvalue weighted by atomic mass is 9.99. The zero-order valence-electron chi connectivity index (χ0n) is 21.2. The minimum atomic E-state index is -4.23. The van der Waals surface area contributed by atoms with E-state index < -0.39 is 18.7 Å². The monoisotopic (exact) mass is 513 g/mol. The molecule has 0 aliphatic carbocycles. The van der Waals surface area contributed by atoms with Gasteiger partial charge in [0.15, 0.2) is 0 Å². The summed E-state index contributed by atoms with van der Waals surface area (Å²) >= 11 is 0. The largest absolute Gasteiger partial charge is 0.486 e. The summed E-state index contributed by atoms with van der Waals surface area (Å²) in [6.07, 6.45) is -5.14. The molecule has 0 fully saturated rings. The summed E-state index contributed by atoms with van der Waals surface area (Å²) in [7, 11) is 0. The van der Waals surface area contributed by atoms with Crippen molar-refractivity contribution in [1.82, 2.24) is 5.32 Å². The van der Waals surface area contributed by atoms with Crippen LogP contribution in [0, 0.1) is 0 Å². The molecule has 3 aromatic carbocycles. The SMILES string of the molecule is CC(C)c1ccc(-c2ccc(OC(CCCC(F)(F)F)c3ccc(C(=O)NCCCO)cc3)cc2)cc1. The zero-order valence-corrected chi connectivity index (χ0v) is 21.2. The van der Waals surface area contributed by atoms with Crippen LogP contribution in [0.3, 0.4) is 0 Å². The van der Waals surface area contributed by atoms with Crippen LogP contribution in [-0.4, -0.2) is 30.3 Å². The summed E-state index contributed by atoms with van der Waals surface area (Å²) in [5, 5.41) is 11.6. The second-order valence-electron chi connectivity index (χ2n) is 9.37. The number of hydrogen-bond acceptors (Lipinski definition) is 3. The summed E-state index contributed by atoms with van der Waals surface area (Å²) < 4.78 is 44.5. The Hall–Kier alpha value is -3.32. The highest BCUT2D eigenvalue weighted by atomic mass is 19.4. The van der Waals surface area contributed by atoms with Crippen molar-refractivity contribution in [2.45, 2.75) is 57.7 Å². The minimum absolute atomic E-state index is 0.0123. The van der Waals surface area contributed by atoms with Gasteiger partial charge in [0.2, 0.25) is 0 Å². The normalized spacial score (nSPS) is 12.4. The zero-order chi connectivity index (χ0) is 26.8. The predicted molar refractivity (Wildman–Crippen MR) is 140 cm³/mol. The molecule has 0 saturated heterocycles. The number of benzene rings is 3. The highest BCUT2D eigenvalue weighted by molar-refractivity contribution is 5.94. The van der Waals surface area contributed by atoms with E-state index in [2.05, 4.69) is 43.4 Å².